The Morgan fingerprint density at radius 2 is 1.62 bits per heavy atom. The van der Waals surface area contributed by atoms with E-state index in [1.807, 2.05) is 12.1 Å². The molecule has 0 fully saturated rings. The van der Waals surface area contributed by atoms with Gasteiger partial charge in [0.05, 0.1) is 20.8 Å². The molecule has 2 N–H and O–H groups in total. The van der Waals surface area contributed by atoms with E-state index in [1.165, 1.54) is 40.7 Å². The number of aryl methyl sites for hydroxylation is 1. The average molecular weight is 532 g/mol. The van der Waals surface area contributed by atoms with Gasteiger partial charge in [0.1, 0.15) is 5.75 Å². The SMILES string of the molecule is CCCC(C)(C)Cc1ccc(CN(CCO)c2cc(OC)c(OC)cc2[C@@H]2CCc3cc(O)ccc3C2)cc1. The molecule has 0 aliphatic heterocycles. The molecule has 0 aromatic heterocycles. The third-order valence-electron chi connectivity index (χ3n) is 8.11. The Kier molecular flexibility index (Phi) is 9.45. The van der Waals surface area contributed by atoms with Crippen LogP contribution in [0.5, 0.6) is 17.2 Å². The standard InChI is InChI=1S/C34H45NO4/c1-6-15-34(2,3)22-24-7-9-25(10-8-24)23-35(16-17-36)31-21-33(39-5)32(38-4)20-30(31)28-12-11-27-19-29(37)14-13-26(27)18-28/h7-10,13-14,19-21,28,36-37H,6,11-12,15-18,22-23H2,1-5H3/t28-/m1/s1. The Labute approximate surface area is 234 Å². The molecule has 0 bridgehead atoms. The van der Waals surface area contributed by atoms with Crippen molar-refractivity contribution >= 4 is 5.69 Å². The molecular formula is C34H45NO4. The van der Waals surface area contributed by atoms with Crippen LogP contribution in [0.4, 0.5) is 5.69 Å². The maximum Gasteiger partial charge on any atom is 0.162 e. The number of methoxy groups -OCH3 is 2. The van der Waals surface area contributed by atoms with Crippen LogP contribution in [0.25, 0.3) is 0 Å². The van der Waals surface area contributed by atoms with Gasteiger partial charge in [-0.1, -0.05) is 57.5 Å². The highest BCUT2D eigenvalue weighted by molar-refractivity contribution is 5.64. The van der Waals surface area contributed by atoms with E-state index < -0.39 is 0 Å². The van der Waals surface area contributed by atoms with Gasteiger partial charge in [0.2, 0.25) is 0 Å². The summed E-state index contributed by atoms with van der Waals surface area (Å²) in [5.41, 5.74) is 7.66. The molecule has 0 saturated carbocycles. The number of nitrogens with zero attached hydrogens (tertiary/aromatic N) is 1. The van der Waals surface area contributed by atoms with Gasteiger partial charge in [0.15, 0.2) is 11.5 Å². The number of hydrogen-bond donors (Lipinski definition) is 2. The zero-order chi connectivity index (χ0) is 28.0. The third kappa shape index (κ3) is 7.07. The van der Waals surface area contributed by atoms with Gasteiger partial charge >= 0.3 is 0 Å². The molecule has 1 atom stereocenters. The second kappa shape index (κ2) is 12.8. The summed E-state index contributed by atoms with van der Waals surface area (Å²) >= 11 is 0. The van der Waals surface area contributed by atoms with Gasteiger partial charge in [-0.2, -0.15) is 0 Å². The number of anilines is 1. The van der Waals surface area contributed by atoms with Crippen LogP contribution in [0.2, 0.25) is 0 Å². The zero-order valence-corrected chi connectivity index (χ0v) is 24.3. The molecule has 5 nitrogen and oxygen atoms in total. The van der Waals surface area contributed by atoms with Crippen LogP contribution in [0, 0.1) is 5.41 Å². The van der Waals surface area contributed by atoms with Crippen molar-refractivity contribution in [2.24, 2.45) is 5.41 Å². The highest BCUT2D eigenvalue weighted by Crippen LogP contribution is 2.43. The lowest BCUT2D eigenvalue weighted by Gasteiger charge is -2.33. The number of fused-ring (bicyclic) bond motifs is 1. The molecule has 3 aromatic rings. The second-order valence-electron chi connectivity index (χ2n) is 11.7. The lowest BCUT2D eigenvalue weighted by Crippen LogP contribution is -2.28. The summed E-state index contributed by atoms with van der Waals surface area (Å²) in [7, 11) is 3.34. The van der Waals surface area contributed by atoms with Crippen LogP contribution in [0.1, 0.15) is 73.8 Å². The lowest BCUT2D eigenvalue weighted by atomic mass is 9.79. The molecule has 0 spiro atoms. The number of ether oxygens (including phenoxy) is 2. The van der Waals surface area contributed by atoms with E-state index in [9.17, 15) is 10.2 Å². The number of aliphatic hydroxyl groups is 1. The smallest absolute Gasteiger partial charge is 0.162 e. The molecule has 0 heterocycles. The summed E-state index contributed by atoms with van der Waals surface area (Å²) in [6.45, 7) is 8.21. The van der Waals surface area contributed by atoms with Gasteiger partial charge in [-0.15, -0.1) is 0 Å². The average Bonchev–Trinajstić information content (AvgIpc) is 2.92. The molecular weight excluding hydrogens is 486 g/mol. The fraction of sp³-hybridized carbons (Fsp3) is 0.471. The number of hydrogen-bond acceptors (Lipinski definition) is 5. The molecule has 1 aliphatic carbocycles. The normalized spacial score (nSPS) is 15.1. The van der Waals surface area contributed by atoms with Crippen LogP contribution in [0.3, 0.4) is 0 Å². The maximum atomic E-state index is 10.1. The molecule has 1 aliphatic rings. The Morgan fingerprint density at radius 1 is 0.923 bits per heavy atom. The van der Waals surface area contributed by atoms with Crippen LogP contribution in [-0.4, -0.2) is 37.6 Å². The number of aliphatic hydroxyl groups excluding tert-OH is 1. The lowest BCUT2D eigenvalue weighted by molar-refractivity contribution is 0.301. The zero-order valence-electron chi connectivity index (χ0n) is 24.3. The van der Waals surface area contributed by atoms with Crippen molar-refractivity contribution in [1.82, 2.24) is 0 Å². The van der Waals surface area contributed by atoms with E-state index in [1.54, 1.807) is 20.3 Å². The third-order valence-corrected chi connectivity index (χ3v) is 8.11. The van der Waals surface area contributed by atoms with Crippen molar-refractivity contribution in [2.45, 2.75) is 71.8 Å². The summed E-state index contributed by atoms with van der Waals surface area (Å²) in [4.78, 5) is 2.26. The van der Waals surface area contributed by atoms with Crippen LogP contribution >= 0.6 is 0 Å². The van der Waals surface area contributed by atoms with Gasteiger partial charge in [0.25, 0.3) is 0 Å². The minimum Gasteiger partial charge on any atom is -0.508 e. The molecule has 210 valence electrons. The van der Waals surface area contributed by atoms with Gasteiger partial charge in [-0.3, -0.25) is 0 Å². The van der Waals surface area contributed by atoms with E-state index >= 15 is 0 Å². The van der Waals surface area contributed by atoms with Crippen LogP contribution in [-0.2, 0) is 25.8 Å². The van der Waals surface area contributed by atoms with Crippen molar-refractivity contribution in [2.75, 3.05) is 32.3 Å². The monoisotopic (exact) mass is 531 g/mol. The van der Waals surface area contributed by atoms with Gasteiger partial charge in [-0.05, 0) is 89.5 Å². The maximum absolute atomic E-state index is 10.1. The summed E-state index contributed by atoms with van der Waals surface area (Å²) in [6, 6.07) is 18.9. The van der Waals surface area contributed by atoms with Crippen molar-refractivity contribution < 1.29 is 19.7 Å². The van der Waals surface area contributed by atoms with E-state index in [0.29, 0.717) is 35.9 Å². The Hall–Kier alpha value is -3.18. The van der Waals surface area contributed by atoms with E-state index in [0.717, 1.165) is 37.1 Å². The predicted octanol–water partition coefficient (Wildman–Crippen LogP) is 7.05. The molecule has 3 aromatic carbocycles. The first-order valence-corrected chi connectivity index (χ1v) is 14.3. The first kappa shape index (κ1) is 28.8. The van der Waals surface area contributed by atoms with Gasteiger partial charge in [-0.25, -0.2) is 0 Å². The molecule has 4 rings (SSSR count). The minimum atomic E-state index is 0.0594. The number of aromatic hydroxyl groups is 1. The van der Waals surface area contributed by atoms with E-state index in [2.05, 4.69) is 62.1 Å². The number of rotatable bonds is 12. The van der Waals surface area contributed by atoms with E-state index in [4.69, 9.17) is 9.47 Å². The number of benzene rings is 3. The highest BCUT2D eigenvalue weighted by Gasteiger charge is 2.27. The largest absolute Gasteiger partial charge is 0.508 e. The Balaban J connectivity index is 1.65. The fourth-order valence-corrected chi connectivity index (χ4v) is 6.20. The predicted molar refractivity (Wildman–Crippen MR) is 159 cm³/mol. The topological polar surface area (TPSA) is 62.2 Å². The Morgan fingerprint density at radius 3 is 2.28 bits per heavy atom. The molecule has 0 unspecified atom stereocenters. The number of phenolic OH excluding ortho intramolecular Hbond substituents is 1. The van der Waals surface area contributed by atoms with Crippen molar-refractivity contribution in [3.63, 3.8) is 0 Å². The Bertz CT molecular complexity index is 1230. The summed E-state index contributed by atoms with van der Waals surface area (Å²) < 4.78 is 11.4. The van der Waals surface area contributed by atoms with E-state index in [-0.39, 0.29) is 6.61 Å². The molecule has 39 heavy (non-hydrogen) atoms. The minimum absolute atomic E-state index is 0.0594. The fourth-order valence-electron chi connectivity index (χ4n) is 6.20. The summed E-state index contributed by atoms with van der Waals surface area (Å²) in [5, 5.41) is 20.0. The van der Waals surface area contributed by atoms with Crippen molar-refractivity contribution in [3.05, 3.63) is 82.4 Å². The molecule has 0 radical (unpaired) electrons. The number of phenols is 1. The highest BCUT2D eigenvalue weighted by atomic mass is 16.5. The molecule has 5 heteroatoms. The van der Waals surface area contributed by atoms with Crippen molar-refractivity contribution in [3.8, 4) is 17.2 Å². The molecule has 0 saturated heterocycles. The van der Waals surface area contributed by atoms with Gasteiger partial charge in [0, 0.05) is 24.8 Å². The first-order valence-electron chi connectivity index (χ1n) is 14.3. The second-order valence-corrected chi connectivity index (χ2v) is 11.7. The van der Waals surface area contributed by atoms with Crippen LogP contribution < -0.4 is 14.4 Å². The summed E-state index contributed by atoms with van der Waals surface area (Å²) in [6.07, 6.45) is 6.28. The van der Waals surface area contributed by atoms with Gasteiger partial charge < -0.3 is 24.6 Å². The summed E-state index contributed by atoms with van der Waals surface area (Å²) in [5.74, 6) is 2.03. The quantitative estimate of drug-likeness (QED) is 0.262. The van der Waals surface area contributed by atoms with Crippen molar-refractivity contribution in [1.29, 1.82) is 0 Å². The molecule has 0 amide bonds. The first-order chi connectivity index (χ1) is 18.8. The van der Waals surface area contributed by atoms with Crippen LogP contribution in [0.15, 0.2) is 54.6 Å².